The summed E-state index contributed by atoms with van der Waals surface area (Å²) >= 11 is 0. The van der Waals surface area contributed by atoms with Crippen LogP contribution >= 0.6 is 0 Å². The molecular weight excluding hydrogens is 222 g/mol. The molecule has 3 heteroatoms. The van der Waals surface area contributed by atoms with Crippen molar-refractivity contribution in [3.63, 3.8) is 0 Å². The van der Waals surface area contributed by atoms with Gasteiger partial charge in [0.2, 0.25) is 0 Å². The predicted octanol–water partition coefficient (Wildman–Crippen LogP) is 2.51. The minimum Gasteiger partial charge on any atom is -0.308 e. The van der Waals surface area contributed by atoms with Crippen molar-refractivity contribution >= 4 is 0 Å². The summed E-state index contributed by atoms with van der Waals surface area (Å²) in [4.78, 5) is 8.57. The highest BCUT2D eigenvalue weighted by Gasteiger charge is 2.03. The zero-order valence-corrected chi connectivity index (χ0v) is 10.9. The van der Waals surface area contributed by atoms with Gasteiger partial charge < -0.3 is 5.32 Å². The van der Waals surface area contributed by atoms with Gasteiger partial charge in [0.05, 0.1) is 11.4 Å². The van der Waals surface area contributed by atoms with Crippen molar-refractivity contribution in [2.75, 3.05) is 0 Å². The molecule has 0 spiro atoms. The maximum Gasteiger partial charge on any atom is 0.0724 e. The van der Waals surface area contributed by atoms with Gasteiger partial charge in [-0.15, -0.1) is 0 Å². The Morgan fingerprint density at radius 3 is 2.56 bits per heavy atom. The van der Waals surface area contributed by atoms with Crippen LogP contribution in [0.2, 0.25) is 0 Å². The van der Waals surface area contributed by atoms with Crippen molar-refractivity contribution in [2.45, 2.75) is 32.9 Å². The van der Waals surface area contributed by atoms with Crippen LogP contribution in [0, 0.1) is 6.92 Å². The molecule has 0 aliphatic carbocycles. The van der Waals surface area contributed by atoms with Crippen molar-refractivity contribution in [1.29, 1.82) is 0 Å². The van der Waals surface area contributed by atoms with E-state index in [0.717, 1.165) is 24.4 Å². The Bertz CT molecular complexity index is 465. The topological polar surface area (TPSA) is 37.8 Å². The van der Waals surface area contributed by atoms with E-state index in [4.69, 9.17) is 0 Å². The summed E-state index contributed by atoms with van der Waals surface area (Å²) in [6.07, 6.45) is 4.66. The van der Waals surface area contributed by atoms with Crippen LogP contribution < -0.4 is 5.32 Å². The van der Waals surface area contributed by atoms with E-state index in [1.165, 1.54) is 5.56 Å². The van der Waals surface area contributed by atoms with Gasteiger partial charge in [-0.2, -0.15) is 0 Å². The van der Waals surface area contributed by atoms with E-state index in [2.05, 4.69) is 46.5 Å². The van der Waals surface area contributed by atoms with E-state index in [0.29, 0.717) is 6.04 Å². The van der Waals surface area contributed by atoms with E-state index in [1.54, 1.807) is 6.20 Å². The Labute approximate surface area is 108 Å². The minimum atomic E-state index is 0.426. The zero-order valence-electron chi connectivity index (χ0n) is 10.9. The third-order valence-electron chi connectivity index (χ3n) is 2.85. The van der Waals surface area contributed by atoms with Crippen LogP contribution in [0.5, 0.6) is 0 Å². The van der Waals surface area contributed by atoms with Gasteiger partial charge in [0.1, 0.15) is 0 Å². The van der Waals surface area contributed by atoms with Gasteiger partial charge in [-0.1, -0.05) is 30.3 Å². The van der Waals surface area contributed by atoms with Gasteiger partial charge >= 0.3 is 0 Å². The van der Waals surface area contributed by atoms with Crippen LogP contribution in [0.3, 0.4) is 0 Å². The Kier molecular flexibility index (Phi) is 4.42. The van der Waals surface area contributed by atoms with Crippen molar-refractivity contribution in [3.8, 4) is 0 Å². The van der Waals surface area contributed by atoms with Crippen LogP contribution in [0.4, 0.5) is 0 Å². The molecule has 0 radical (unpaired) electrons. The molecule has 0 aliphatic heterocycles. The number of rotatable bonds is 5. The van der Waals surface area contributed by atoms with Crippen LogP contribution in [-0.2, 0) is 13.0 Å². The highest BCUT2D eigenvalue weighted by Crippen LogP contribution is 2.03. The van der Waals surface area contributed by atoms with Crippen molar-refractivity contribution in [1.82, 2.24) is 15.3 Å². The molecule has 3 nitrogen and oxygen atoms in total. The summed E-state index contributed by atoms with van der Waals surface area (Å²) in [6, 6.07) is 10.9. The number of hydrogen-bond donors (Lipinski definition) is 1. The third kappa shape index (κ3) is 3.93. The second kappa shape index (κ2) is 6.26. The molecule has 1 N–H and O–H groups in total. The van der Waals surface area contributed by atoms with Crippen molar-refractivity contribution < 1.29 is 0 Å². The number of aromatic nitrogens is 2. The summed E-state index contributed by atoms with van der Waals surface area (Å²) in [7, 11) is 0. The van der Waals surface area contributed by atoms with E-state index in [9.17, 15) is 0 Å². The number of hydrogen-bond acceptors (Lipinski definition) is 3. The standard InChI is InChI=1S/C15H19N3/c1-12(8-14-6-4-3-5-7-14)16-10-15-11-17-13(2)9-18-15/h3-7,9,11-12,16H,8,10H2,1-2H3. The molecule has 0 aliphatic rings. The first-order chi connectivity index (χ1) is 8.74. The second-order valence-corrected chi connectivity index (χ2v) is 4.62. The SMILES string of the molecule is Cc1cnc(CNC(C)Cc2ccccc2)cn1. The third-order valence-corrected chi connectivity index (χ3v) is 2.85. The normalized spacial score (nSPS) is 12.3. The Morgan fingerprint density at radius 2 is 1.89 bits per heavy atom. The van der Waals surface area contributed by atoms with Gasteiger partial charge in [-0.05, 0) is 25.8 Å². The van der Waals surface area contributed by atoms with Crippen LogP contribution in [-0.4, -0.2) is 16.0 Å². The fraction of sp³-hybridized carbons (Fsp3) is 0.333. The number of nitrogens with one attached hydrogen (secondary N) is 1. The van der Waals surface area contributed by atoms with E-state index < -0.39 is 0 Å². The summed E-state index contributed by atoms with van der Waals surface area (Å²) < 4.78 is 0. The summed E-state index contributed by atoms with van der Waals surface area (Å²) in [5.74, 6) is 0. The maximum absolute atomic E-state index is 4.33. The van der Waals surface area contributed by atoms with Crippen molar-refractivity contribution in [2.24, 2.45) is 0 Å². The Morgan fingerprint density at radius 1 is 1.11 bits per heavy atom. The monoisotopic (exact) mass is 241 g/mol. The molecule has 1 aromatic heterocycles. The molecule has 1 unspecified atom stereocenters. The lowest BCUT2D eigenvalue weighted by Gasteiger charge is -2.13. The van der Waals surface area contributed by atoms with Crippen LogP contribution in [0.15, 0.2) is 42.7 Å². The number of nitrogens with zero attached hydrogens (tertiary/aromatic N) is 2. The Hall–Kier alpha value is -1.74. The molecule has 94 valence electrons. The lowest BCUT2D eigenvalue weighted by Crippen LogP contribution is -2.28. The van der Waals surface area contributed by atoms with Crippen molar-refractivity contribution in [3.05, 3.63) is 59.7 Å². The Balaban J connectivity index is 1.81. The molecule has 0 saturated carbocycles. The molecule has 18 heavy (non-hydrogen) atoms. The zero-order chi connectivity index (χ0) is 12.8. The van der Waals surface area contributed by atoms with Crippen LogP contribution in [0.1, 0.15) is 23.9 Å². The van der Waals surface area contributed by atoms with E-state index in [1.807, 2.05) is 19.2 Å². The van der Waals surface area contributed by atoms with Gasteiger partial charge in [-0.3, -0.25) is 9.97 Å². The number of aryl methyl sites for hydroxylation is 1. The van der Waals surface area contributed by atoms with E-state index in [-0.39, 0.29) is 0 Å². The molecule has 2 aromatic rings. The van der Waals surface area contributed by atoms with Gasteiger partial charge in [-0.25, -0.2) is 0 Å². The molecule has 0 bridgehead atoms. The quantitative estimate of drug-likeness (QED) is 0.874. The molecule has 2 rings (SSSR count). The van der Waals surface area contributed by atoms with Gasteiger partial charge in [0, 0.05) is 25.0 Å². The summed E-state index contributed by atoms with van der Waals surface area (Å²) in [5, 5.41) is 3.46. The fourth-order valence-electron chi connectivity index (χ4n) is 1.83. The average molecular weight is 241 g/mol. The fourth-order valence-corrected chi connectivity index (χ4v) is 1.83. The lowest BCUT2D eigenvalue weighted by molar-refractivity contribution is 0.539. The van der Waals surface area contributed by atoms with Gasteiger partial charge in [0.15, 0.2) is 0 Å². The summed E-state index contributed by atoms with van der Waals surface area (Å²) in [5.41, 5.74) is 3.30. The maximum atomic E-state index is 4.33. The average Bonchev–Trinajstić information content (AvgIpc) is 2.39. The first-order valence-electron chi connectivity index (χ1n) is 6.29. The molecule has 1 atom stereocenters. The molecule has 0 amide bonds. The smallest absolute Gasteiger partial charge is 0.0724 e. The second-order valence-electron chi connectivity index (χ2n) is 4.62. The largest absolute Gasteiger partial charge is 0.308 e. The molecule has 0 saturated heterocycles. The van der Waals surface area contributed by atoms with Gasteiger partial charge in [0.25, 0.3) is 0 Å². The summed E-state index contributed by atoms with van der Waals surface area (Å²) in [6.45, 7) is 4.90. The number of benzene rings is 1. The predicted molar refractivity (Wildman–Crippen MR) is 73.2 cm³/mol. The first kappa shape index (κ1) is 12.7. The highest BCUT2D eigenvalue weighted by molar-refractivity contribution is 5.15. The highest BCUT2D eigenvalue weighted by atomic mass is 14.9. The lowest BCUT2D eigenvalue weighted by atomic mass is 10.1. The minimum absolute atomic E-state index is 0.426. The first-order valence-corrected chi connectivity index (χ1v) is 6.29. The molecule has 0 fully saturated rings. The molecule has 1 heterocycles. The molecule has 1 aromatic carbocycles. The van der Waals surface area contributed by atoms with Crippen LogP contribution in [0.25, 0.3) is 0 Å². The van der Waals surface area contributed by atoms with E-state index >= 15 is 0 Å². The molecular formula is C15H19N3.